The molecule has 0 spiro atoms. The van der Waals surface area contributed by atoms with E-state index in [1.54, 1.807) is 72.9 Å². The van der Waals surface area contributed by atoms with Crippen molar-refractivity contribution in [2.45, 2.75) is 199 Å². The third-order valence-electron chi connectivity index (χ3n) is 16.7. The number of methoxy groups -OCH3 is 1. The molecule has 33 heteroatoms. The molecule has 1 aliphatic rings. The summed E-state index contributed by atoms with van der Waals surface area (Å²) in [5, 5.41) is 43.1. The number of hydrogen-bond acceptors (Lipinski definition) is 29. The molecule has 5 aromatic carbocycles. The van der Waals surface area contributed by atoms with Crippen LogP contribution in [0.25, 0.3) is 10.1 Å². The van der Waals surface area contributed by atoms with Gasteiger partial charge in [-0.2, -0.15) is 29.9 Å². The Balaban J connectivity index is 0.000000171. The van der Waals surface area contributed by atoms with E-state index in [2.05, 4.69) is 241 Å². The van der Waals surface area contributed by atoms with E-state index in [0.29, 0.717) is 69.5 Å². The molecule has 9 heterocycles. The number of nitrogens with zero attached hydrogens (tertiary/aromatic N) is 13. The molecular weight excluding hydrogens is 1660 g/mol. The molecule has 0 atom stereocenters. The highest BCUT2D eigenvalue weighted by Crippen LogP contribution is 2.41. The van der Waals surface area contributed by atoms with Gasteiger partial charge in [0.2, 0.25) is 42.5 Å². The van der Waals surface area contributed by atoms with Gasteiger partial charge in [0.15, 0.2) is 23.1 Å². The van der Waals surface area contributed by atoms with E-state index < -0.39 is 11.6 Å². The summed E-state index contributed by atoms with van der Waals surface area (Å²) in [5.74, 6) is 8.69. The Morgan fingerprint density at radius 3 is 1.13 bits per heavy atom. The van der Waals surface area contributed by atoms with E-state index in [9.17, 15) is 8.78 Å². The Bertz CT molecular complexity index is 5790. The molecule has 8 aromatic heterocycles. The standard InChI is InChI=1S/C17H20N4S.C16H21FN4O.C16H20N4O2.C15H18ClFN4.C15H19ClN4.C14H19N5/c1-11-9-18-16(21-17(2,3)4)20-15(11)19-13-10-22-14-8-6-5-7-12(13)14;1-10-9-18-15(21-16(2,3)4)20-14(10)19-11-6-7-12(17)13(8-11)22-5;1-10-8-17-15(20-16(2,3)4)19-14(10)18-11-6-5-7-12-13(11)22-9-21-12;1-9-8-18-14(21-15(2,3)4)20-13(9)19-10-5-6-11(16)12(17)7-10;1-10-9-17-14(20-15(2,3)4)19-13(10)18-12-7-5-6-11(16)8-12;1-10-8-16-13(19-14(2,3)4)18-12(10)17-11-6-5-7-15-9-11/h5-10H,1-4H3,(H2,18,19,20,21);6-9H,1-5H3,(H2,18,19,20,21);5-8H,9H2,1-4H3,(H2,17,18,19,20);5-8H,1-4H3,(H2,18,19,20,21);5-9H,1-4H3,(H2,17,18,19,20);5-9H,1-4H3,(H2,16,17,18,19). The van der Waals surface area contributed by atoms with E-state index >= 15 is 0 Å². The quantitative estimate of drug-likeness (QED) is 0.0358. The molecule has 1 aliphatic heterocycles. The van der Waals surface area contributed by atoms with Crippen molar-refractivity contribution in [3.05, 3.63) is 225 Å². The Morgan fingerprint density at radius 2 is 0.738 bits per heavy atom. The number of pyridine rings is 1. The van der Waals surface area contributed by atoms with Crippen LogP contribution in [0.1, 0.15) is 158 Å². The number of halogens is 4. The van der Waals surface area contributed by atoms with Crippen LogP contribution in [-0.4, -0.2) is 112 Å². The topological polar surface area (TPSA) is 340 Å². The number of anilines is 18. The maximum atomic E-state index is 13.5. The van der Waals surface area contributed by atoms with Crippen molar-refractivity contribution in [3.63, 3.8) is 0 Å². The number of ether oxygens (including phenoxy) is 3. The van der Waals surface area contributed by atoms with Crippen molar-refractivity contribution < 1.29 is 23.0 Å². The summed E-state index contributed by atoms with van der Waals surface area (Å²) < 4.78 is 44.1. The predicted molar refractivity (Wildman–Crippen MR) is 515 cm³/mol. The molecule has 0 radical (unpaired) electrons. The number of thiophene rings is 1. The zero-order valence-electron chi connectivity index (χ0n) is 76.3. The minimum absolute atomic E-state index is 0.0679. The molecule has 0 aliphatic carbocycles. The van der Waals surface area contributed by atoms with Gasteiger partial charge in [-0.1, -0.05) is 53.5 Å². The minimum Gasteiger partial charge on any atom is -0.494 e. The first-order chi connectivity index (χ1) is 59.1. The summed E-state index contributed by atoms with van der Waals surface area (Å²) in [6, 6.07) is 34.6. The molecule has 28 nitrogen and oxygen atoms in total. The highest BCUT2D eigenvalue weighted by Gasteiger charge is 2.23. The number of fused-ring (bicyclic) bond motifs is 2. The number of aromatic nitrogens is 13. The van der Waals surface area contributed by atoms with Crippen LogP contribution in [-0.2, 0) is 0 Å². The molecule has 0 bridgehead atoms. The van der Waals surface area contributed by atoms with Gasteiger partial charge >= 0.3 is 0 Å². The molecule has 0 fully saturated rings. The zero-order chi connectivity index (χ0) is 92.1. The van der Waals surface area contributed by atoms with Crippen LogP contribution in [0.3, 0.4) is 0 Å². The van der Waals surface area contributed by atoms with Gasteiger partial charge in [0.05, 0.1) is 35.4 Å². The van der Waals surface area contributed by atoms with E-state index in [-0.39, 0.29) is 50.8 Å². The van der Waals surface area contributed by atoms with E-state index in [0.717, 1.165) is 85.2 Å². The second-order valence-electron chi connectivity index (χ2n) is 35.8. The summed E-state index contributed by atoms with van der Waals surface area (Å²) in [6.45, 7) is 49.0. The molecule has 14 rings (SSSR count). The number of para-hydroxylation sites is 1. The summed E-state index contributed by atoms with van der Waals surface area (Å²) in [6.07, 6.45) is 14.2. The van der Waals surface area contributed by atoms with Gasteiger partial charge in [0, 0.05) is 154 Å². The lowest BCUT2D eigenvalue weighted by molar-refractivity contribution is 0.174. The third-order valence-corrected chi connectivity index (χ3v) is 18.2. The predicted octanol–water partition coefficient (Wildman–Crippen LogP) is 24.4. The number of aryl methyl sites for hydroxylation is 6. The molecule has 126 heavy (non-hydrogen) atoms. The van der Waals surface area contributed by atoms with Crippen molar-refractivity contribution in [1.82, 2.24) is 64.8 Å². The number of hydrogen-bond donors (Lipinski definition) is 12. The van der Waals surface area contributed by atoms with E-state index in [4.69, 9.17) is 37.4 Å². The molecular formula is C93H117Cl2F2N25O3S. The van der Waals surface area contributed by atoms with Crippen molar-refractivity contribution >= 4 is 149 Å². The Labute approximate surface area is 752 Å². The van der Waals surface area contributed by atoms with Crippen molar-refractivity contribution in [1.29, 1.82) is 0 Å². The SMILES string of the molecule is COc1cc(Nc2nc(NC(C)(C)C)ncc2C)ccc1F.Cc1cnc(NC(C)(C)C)nc1Nc1ccc(Cl)c(F)c1.Cc1cnc(NC(C)(C)C)nc1Nc1cccc(Cl)c1.Cc1cnc(NC(C)(C)C)nc1Nc1cccc2c1OCO2.Cc1cnc(NC(C)(C)C)nc1Nc1cccnc1.Cc1cnc(NC(C)(C)C)nc1Nc1csc2ccccc12. The first-order valence-electron chi connectivity index (χ1n) is 40.8. The normalized spacial score (nSPS) is 11.6. The number of nitrogens with one attached hydrogen (secondary N) is 12. The van der Waals surface area contributed by atoms with Gasteiger partial charge in [0.25, 0.3) is 0 Å². The lowest BCUT2D eigenvalue weighted by atomic mass is 10.1. The lowest BCUT2D eigenvalue weighted by Gasteiger charge is -2.21. The maximum absolute atomic E-state index is 13.5. The van der Waals surface area contributed by atoms with Crippen LogP contribution in [0.15, 0.2) is 170 Å². The van der Waals surface area contributed by atoms with Crippen molar-refractivity contribution in [2.75, 3.05) is 77.7 Å². The van der Waals surface area contributed by atoms with E-state index in [1.165, 1.54) is 35.4 Å². The van der Waals surface area contributed by atoms with Gasteiger partial charge in [-0.3, -0.25) is 4.98 Å². The Hall–Kier alpha value is -12.9. The average molecular weight is 1770 g/mol. The molecule has 0 amide bonds. The Morgan fingerprint density at radius 1 is 0.365 bits per heavy atom. The third kappa shape index (κ3) is 32.0. The monoisotopic (exact) mass is 1770 g/mol. The number of benzene rings is 5. The summed E-state index contributed by atoms with van der Waals surface area (Å²) in [5.41, 5.74) is 10.1. The molecule has 666 valence electrons. The summed E-state index contributed by atoms with van der Waals surface area (Å²) >= 11 is 13.4. The van der Waals surface area contributed by atoms with Crippen molar-refractivity contribution in [2.24, 2.45) is 0 Å². The zero-order valence-corrected chi connectivity index (χ0v) is 78.7. The van der Waals surface area contributed by atoms with Crippen LogP contribution in [0.2, 0.25) is 10.0 Å². The van der Waals surface area contributed by atoms with Gasteiger partial charge in [-0.05, 0) is 245 Å². The molecule has 12 N–H and O–H groups in total. The second kappa shape index (κ2) is 42.7. The first kappa shape index (κ1) is 96.9. The Kier molecular flexibility index (Phi) is 32.8. The highest BCUT2D eigenvalue weighted by molar-refractivity contribution is 7.17. The fraction of sp³-hybridized carbons (Fsp3) is 0.344. The van der Waals surface area contributed by atoms with Gasteiger partial charge < -0.3 is 78.0 Å². The smallest absolute Gasteiger partial charge is 0.231 e. The molecule has 0 unspecified atom stereocenters. The summed E-state index contributed by atoms with van der Waals surface area (Å²) in [7, 11) is 1.43. The molecule has 0 saturated carbocycles. The van der Waals surface area contributed by atoms with Gasteiger partial charge in [-0.25, -0.2) is 38.7 Å². The van der Waals surface area contributed by atoms with Crippen LogP contribution in [0, 0.1) is 53.2 Å². The van der Waals surface area contributed by atoms with Gasteiger partial charge in [-0.15, -0.1) is 11.3 Å². The molecule has 13 aromatic rings. The highest BCUT2D eigenvalue weighted by atomic mass is 35.5. The van der Waals surface area contributed by atoms with Crippen LogP contribution < -0.4 is 78.0 Å². The second-order valence-corrected chi connectivity index (χ2v) is 37.5. The van der Waals surface area contributed by atoms with Crippen LogP contribution in [0.4, 0.5) is 114 Å². The summed E-state index contributed by atoms with van der Waals surface area (Å²) in [4.78, 5) is 56.9. The van der Waals surface area contributed by atoms with Gasteiger partial charge in [0.1, 0.15) is 40.7 Å². The minimum atomic E-state index is -0.471. The fourth-order valence-electron chi connectivity index (χ4n) is 11.0. The molecule has 0 saturated heterocycles. The van der Waals surface area contributed by atoms with Crippen LogP contribution >= 0.6 is 34.5 Å². The average Bonchev–Trinajstić information content (AvgIpc) is 1.64. The van der Waals surface area contributed by atoms with E-state index in [1.807, 2.05) is 144 Å². The maximum Gasteiger partial charge on any atom is 0.231 e. The van der Waals surface area contributed by atoms with Crippen molar-refractivity contribution in [3.8, 4) is 17.2 Å². The largest absolute Gasteiger partial charge is 0.494 e. The first-order valence-corrected chi connectivity index (χ1v) is 42.4. The lowest BCUT2D eigenvalue weighted by Crippen LogP contribution is -2.27. The number of rotatable bonds is 19. The fourth-order valence-corrected chi connectivity index (χ4v) is 12.2. The van der Waals surface area contributed by atoms with Crippen LogP contribution in [0.5, 0.6) is 17.2 Å².